The highest BCUT2D eigenvalue weighted by molar-refractivity contribution is 7.80. The fourth-order valence-electron chi connectivity index (χ4n) is 2.72. The predicted molar refractivity (Wildman–Crippen MR) is 94.0 cm³/mol. The number of nitrogens with one attached hydrogen (secondary N) is 1. The molecule has 0 unspecified atom stereocenters. The Balaban J connectivity index is 1.42. The highest BCUT2D eigenvalue weighted by Gasteiger charge is 2.19. The zero-order valence-corrected chi connectivity index (χ0v) is 14.2. The van der Waals surface area contributed by atoms with Gasteiger partial charge in [-0.3, -0.25) is 4.90 Å². The first-order valence-corrected chi connectivity index (χ1v) is 8.33. The van der Waals surface area contributed by atoms with Crippen molar-refractivity contribution in [1.29, 1.82) is 0 Å². The number of hydrogen-bond acceptors (Lipinski definition) is 4. The molecule has 1 aromatic heterocycles. The van der Waals surface area contributed by atoms with E-state index in [1.807, 2.05) is 31.2 Å². The van der Waals surface area contributed by atoms with E-state index in [-0.39, 0.29) is 0 Å². The second kappa shape index (κ2) is 7.57. The Bertz CT molecular complexity index is 635. The molecule has 6 heteroatoms. The van der Waals surface area contributed by atoms with E-state index < -0.39 is 0 Å². The van der Waals surface area contributed by atoms with E-state index >= 15 is 0 Å². The molecule has 0 saturated carbocycles. The summed E-state index contributed by atoms with van der Waals surface area (Å²) in [7, 11) is 0. The van der Waals surface area contributed by atoms with E-state index in [1.54, 1.807) is 0 Å². The lowest BCUT2D eigenvalue weighted by molar-refractivity contribution is 0.171. The van der Waals surface area contributed by atoms with Crippen LogP contribution in [-0.4, -0.2) is 46.2 Å². The minimum atomic E-state index is 0.776. The van der Waals surface area contributed by atoms with Crippen LogP contribution in [0.1, 0.15) is 17.0 Å². The lowest BCUT2D eigenvalue weighted by Gasteiger charge is -2.35. The Labute approximate surface area is 142 Å². The zero-order chi connectivity index (χ0) is 16.1. The molecular weight excluding hydrogens is 308 g/mol. The zero-order valence-electron chi connectivity index (χ0n) is 13.4. The van der Waals surface area contributed by atoms with Gasteiger partial charge < -0.3 is 14.7 Å². The summed E-state index contributed by atoms with van der Waals surface area (Å²) in [5, 5.41) is 8.25. The van der Waals surface area contributed by atoms with Gasteiger partial charge in [0.05, 0.1) is 5.69 Å². The number of aryl methyl sites for hydroxylation is 1. The van der Waals surface area contributed by atoms with E-state index in [4.69, 9.17) is 16.7 Å². The quantitative estimate of drug-likeness (QED) is 0.867. The Morgan fingerprint density at radius 1 is 1.22 bits per heavy atom. The second-order valence-corrected chi connectivity index (χ2v) is 6.22. The Morgan fingerprint density at radius 3 is 2.61 bits per heavy atom. The van der Waals surface area contributed by atoms with Crippen molar-refractivity contribution in [3.05, 3.63) is 53.4 Å². The first-order valence-electron chi connectivity index (χ1n) is 7.92. The summed E-state index contributed by atoms with van der Waals surface area (Å²) in [6.07, 6.45) is 0. The molecule has 5 nitrogen and oxygen atoms in total. The van der Waals surface area contributed by atoms with Crippen LogP contribution in [0.4, 0.5) is 0 Å². The number of thiocarbonyl (C=S) groups is 1. The van der Waals surface area contributed by atoms with Crippen LogP contribution in [0.2, 0.25) is 0 Å². The van der Waals surface area contributed by atoms with Crippen LogP contribution in [0, 0.1) is 6.92 Å². The van der Waals surface area contributed by atoms with Crippen LogP contribution in [-0.2, 0) is 13.1 Å². The fraction of sp³-hybridized carbons (Fsp3) is 0.412. The Kier molecular flexibility index (Phi) is 5.25. The molecule has 0 atom stereocenters. The van der Waals surface area contributed by atoms with Gasteiger partial charge in [-0.05, 0) is 24.7 Å². The number of benzene rings is 1. The number of aromatic nitrogens is 1. The smallest absolute Gasteiger partial charge is 0.169 e. The molecule has 1 saturated heterocycles. The average Bonchev–Trinajstić information content (AvgIpc) is 2.99. The maximum Gasteiger partial charge on any atom is 0.169 e. The van der Waals surface area contributed by atoms with Crippen LogP contribution in [0.5, 0.6) is 0 Å². The summed E-state index contributed by atoms with van der Waals surface area (Å²) in [5.74, 6) is 0.866. The van der Waals surface area contributed by atoms with Crippen molar-refractivity contribution in [2.24, 2.45) is 0 Å². The first kappa shape index (κ1) is 16.0. The van der Waals surface area contributed by atoms with Crippen molar-refractivity contribution in [1.82, 2.24) is 20.3 Å². The SMILES string of the molecule is Cc1cc(CN2CCN(C(=S)NCc3ccccc3)CC2)no1. The predicted octanol–water partition coefficient (Wildman–Crippen LogP) is 2.18. The molecule has 0 amide bonds. The van der Waals surface area contributed by atoms with Gasteiger partial charge in [-0.1, -0.05) is 35.5 Å². The largest absolute Gasteiger partial charge is 0.361 e. The van der Waals surface area contributed by atoms with E-state index in [9.17, 15) is 0 Å². The van der Waals surface area contributed by atoms with E-state index in [0.29, 0.717) is 0 Å². The monoisotopic (exact) mass is 330 g/mol. The number of nitrogens with zero attached hydrogens (tertiary/aromatic N) is 3. The van der Waals surface area contributed by atoms with Crippen molar-refractivity contribution in [3.8, 4) is 0 Å². The van der Waals surface area contributed by atoms with Gasteiger partial charge in [0.15, 0.2) is 5.11 Å². The number of rotatable bonds is 4. The number of piperazine rings is 1. The highest BCUT2D eigenvalue weighted by Crippen LogP contribution is 2.09. The molecule has 23 heavy (non-hydrogen) atoms. The minimum Gasteiger partial charge on any atom is -0.361 e. The molecule has 1 fully saturated rings. The molecule has 2 heterocycles. The van der Waals surface area contributed by atoms with Gasteiger partial charge in [0.1, 0.15) is 5.76 Å². The molecule has 2 aromatic rings. The average molecular weight is 330 g/mol. The van der Waals surface area contributed by atoms with Crippen LogP contribution in [0.25, 0.3) is 0 Å². The minimum absolute atomic E-state index is 0.776. The maximum atomic E-state index is 5.51. The van der Waals surface area contributed by atoms with Gasteiger partial charge in [-0.15, -0.1) is 0 Å². The summed E-state index contributed by atoms with van der Waals surface area (Å²) >= 11 is 5.51. The van der Waals surface area contributed by atoms with Gasteiger partial charge in [0.2, 0.25) is 0 Å². The molecule has 0 spiro atoms. The Morgan fingerprint density at radius 2 is 1.96 bits per heavy atom. The van der Waals surface area contributed by atoms with E-state index in [1.165, 1.54) is 5.56 Å². The lowest BCUT2D eigenvalue weighted by atomic mass is 10.2. The third kappa shape index (κ3) is 4.53. The van der Waals surface area contributed by atoms with Crippen LogP contribution in [0.15, 0.2) is 40.9 Å². The normalized spacial score (nSPS) is 15.6. The molecule has 1 N–H and O–H groups in total. The molecule has 3 rings (SSSR count). The summed E-state index contributed by atoms with van der Waals surface area (Å²) in [6, 6.07) is 12.3. The van der Waals surface area contributed by atoms with Crippen molar-refractivity contribution in [3.63, 3.8) is 0 Å². The first-order chi connectivity index (χ1) is 11.2. The van der Waals surface area contributed by atoms with Gasteiger partial charge in [0, 0.05) is 45.3 Å². The summed E-state index contributed by atoms with van der Waals surface area (Å²) in [6.45, 7) is 7.39. The van der Waals surface area contributed by atoms with Crippen molar-refractivity contribution in [2.45, 2.75) is 20.0 Å². The standard InChI is InChI=1S/C17H22N4OS/c1-14-11-16(19-22-14)13-20-7-9-21(10-8-20)17(23)18-12-15-5-3-2-4-6-15/h2-6,11H,7-10,12-13H2,1H3,(H,18,23). The molecule has 0 aliphatic carbocycles. The third-order valence-corrected chi connectivity index (χ3v) is 4.41. The van der Waals surface area contributed by atoms with Crippen LogP contribution >= 0.6 is 12.2 Å². The van der Waals surface area contributed by atoms with Gasteiger partial charge in [-0.2, -0.15) is 0 Å². The summed E-state index contributed by atoms with van der Waals surface area (Å²) in [4.78, 5) is 4.62. The molecule has 0 radical (unpaired) electrons. The molecule has 1 aliphatic heterocycles. The van der Waals surface area contributed by atoms with Crippen molar-refractivity contribution >= 4 is 17.3 Å². The van der Waals surface area contributed by atoms with Gasteiger partial charge >= 0.3 is 0 Å². The summed E-state index contributed by atoms with van der Waals surface area (Å²) in [5.41, 5.74) is 2.25. The van der Waals surface area contributed by atoms with Crippen LogP contribution in [0.3, 0.4) is 0 Å². The lowest BCUT2D eigenvalue weighted by Crippen LogP contribution is -2.51. The number of hydrogen-bond donors (Lipinski definition) is 1. The molecule has 0 bridgehead atoms. The molecular formula is C17H22N4OS. The topological polar surface area (TPSA) is 44.5 Å². The van der Waals surface area contributed by atoms with Crippen molar-refractivity contribution in [2.75, 3.05) is 26.2 Å². The van der Waals surface area contributed by atoms with E-state index in [2.05, 4.69) is 32.4 Å². The molecule has 122 valence electrons. The van der Waals surface area contributed by atoms with E-state index in [0.717, 1.165) is 55.8 Å². The molecule has 1 aliphatic rings. The summed E-state index contributed by atoms with van der Waals surface area (Å²) < 4.78 is 5.12. The second-order valence-electron chi connectivity index (χ2n) is 5.84. The van der Waals surface area contributed by atoms with Gasteiger partial charge in [0.25, 0.3) is 0 Å². The molecule has 1 aromatic carbocycles. The maximum absolute atomic E-state index is 5.51. The third-order valence-electron chi connectivity index (χ3n) is 4.01. The van der Waals surface area contributed by atoms with Crippen molar-refractivity contribution < 1.29 is 4.52 Å². The Hall–Kier alpha value is -1.92. The highest BCUT2D eigenvalue weighted by atomic mass is 32.1. The van der Waals surface area contributed by atoms with Crippen LogP contribution < -0.4 is 5.32 Å². The van der Waals surface area contributed by atoms with Gasteiger partial charge in [-0.25, -0.2) is 0 Å². The fourth-order valence-corrected chi connectivity index (χ4v) is 2.97.